The van der Waals surface area contributed by atoms with Crippen LogP contribution in [0.15, 0.2) is 11.4 Å². The lowest BCUT2D eigenvalue weighted by atomic mass is 9.91. The monoisotopic (exact) mass is 223 g/mol. The van der Waals surface area contributed by atoms with Gasteiger partial charge in [-0.15, -0.1) is 11.3 Å². The van der Waals surface area contributed by atoms with Gasteiger partial charge in [0.15, 0.2) is 0 Å². The second-order valence-corrected chi connectivity index (χ2v) is 5.85. The largest absolute Gasteiger partial charge is 0.314 e. The van der Waals surface area contributed by atoms with Crippen molar-refractivity contribution in [2.45, 2.75) is 45.6 Å². The van der Waals surface area contributed by atoms with Crippen molar-refractivity contribution in [1.82, 2.24) is 5.32 Å². The van der Waals surface area contributed by atoms with E-state index in [9.17, 15) is 0 Å². The number of thiophene rings is 1. The van der Waals surface area contributed by atoms with E-state index in [0.717, 1.165) is 12.0 Å². The third-order valence-electron chi connectivity index (χ3n) is 3.45. The molecule has 0 saturated carbocycles. The molecule has 2 heterocycles. The lowest BCUT2D eigenvalue weighted by Crippen LogP contribution is -2.37. The summed E-state index contributed by atoms with van der Waals surface area (Å²) in [4.78, 5) is 1.58. The Morgan fingerprint density at radius 1 is 1.53 bits per heavy atom. The minimum Gasteiger partial charge on any atom is -0.314 e. The first kappa shape index (κ1) is 11.2. The first-order chi connectivity index (χ1) is 7.25. The molecule has 1 fully saturated rings. The molecule has 1 aliphatic rings. The summed E-state index contributed by atoms with van der Waals surface area (Å²) in [6.45, 7) is 5.82. The van der Waals surface area contributed by atoms with Crippen molar-refractivity contribution < 1.29 is 0 Å². The summed E-state index contributed by atoms with van der Waals surface area (Å²) < 4.78 is 0. The van der Waals surface area contributed by atoms with Crippen molar-refractivity contribution in [3.63, 3.8) is 0 Å². The number of aryl methyl sites for hydroxylation is 2. The zero-order valence-corrected chi connectivity index (χ0v) is 10.6. The van der Waals surface area contributed by atoms with E-state index in [1.165, 1.54) is 37.8 Å². The van der Waals surface area contributed by atoms with Gasteiger partial charge < -0.3 is 5.32 Å². The second-order valence-electron chi connectivity index (χ2n) is 4.85. The predicted molar refractivity (Wildman–Crippen MR) is 67.6 cm³/mol. The molecule has 15 heavy (non-hydrogen) atoms. The lowest BCUT2D eigenvalue weighted by Gasteiger charge is -2.28. The van der Waals surface area contributed by atoms with Crippen LogP contribution in [0, 0.1) is 12.8 Å². The average Bonchev–Trinajstić information content (AvgIpc) is 2.61. The van der Waals surface area contributed by atoms with Gasteiger partial charge in [0.1, 0.15) is 0 Å². The summed E-state index contributed by atoms with van der Waals surface area (Å²) in [5, 5.41) is 5.85. The summed E-state index contributed by atoms with van der Waals surface area (Å²) in [6.07, 6.45) is 5.29. The van der Waals surface area contributed by atoms with E-state index in [4.69, 9.17) is 0 Å². The highest BCUT2D eigenvalue weighted by molar-refractivity contribution is 7.10. The molecule has 1 saturated heterocycles. The van der Waals surface area contributed by atoms with Gasteiger partial charge in [0.05, 0.1) is 0 Å². The first-order valence-corrected chi connectivity index (χ1v) is 6.90. The number of hydrogen-bond donors (Lipinski definition) is 1. The molecule has 0 aliphatic carbocycles. The van der Waals surface area contributed by atoms with Gasteiger partial charge in [-0.25, -0.2) is 0 Å². The molecule has 1 nitrogen and oxygen atoms in total. The van der Waals surface area contributed by atoms with Crippen molar-refractivity contribution in [3.05, 3.63) is 21.9 Å². The van der Waals surface area contributed by atoms with Gasteiger partial charge in [-0.05, 0) is 62.1 Å². The van der Waals surface area contributed by atoms with Crippen LogP contribution in [0.25, 0.3) is 0 Å². The average molecular weight is 223 g/mol. The van der Waals surface area contributed by atoms with Crippen LogP contribution in [0.4, 0.5) is 0 Å². The standard InChI is InChI=1S/C13H21NS/c1-10-5-7-14-12(9-10)3-4-13-11(2)6-8-15-13/h6,8,10,12,14H,3-5,7,9H2,1-2H3. The van der Waals surface area contributed by atoms with Crippen molar-refractivity contribution in [1.29, 1.82) is 0 Å². The molecule has 2 unspecified atom stereocenters. The maximum absolute atomic E-state index is 3.64. The highest BCUT2D eigenvalue weighted by Crippen LogP contribution is 2.22. The van der Waals surface area contributed by atoms with Crippen LogP contribution in [0.5, 0.6) is 0 Å². The Kier molecular flexibility index (Phi) is 3.81. The highest BCUT2D eigenvalue weighted by atomic mass is 32.1. The van der Waals surface area contributed by atoms with Crippen LogP contribution >= 0.6 is 11.3 Å². The summed E-state index contributed by atoms with van der Waals surface area (Å²) >= 11 is 1.91. The second kappa shape index (κ2) is 5.13. The van der Waals surface area contributed by atoms with Crippen LogP contribution in [-0.2, 0) is 6.42 Å². The zero-order chi connectivity index (χ0) is 10.7. The number of piperidine rings is 1. The fraction of sp³-hybridized carbons (Fsp3) is 0.692. The Balaban J connectivity index is 1.80. The van der Waals surface area contributed by atoms with Gasteiger partial charge in [0, 0.05) is 10.9 Å². The number of hydrogen-bond acceptors (Lipinski definition) is 2. The van der Waals surface area contributed by atoms with Crippen LogP contribution in [0.3, 0.4) is 0 Å². The lowest BCUT2D eigenvalue weighted by molar-refractivity contribution is 0.308. The summed E-state index contributed by atoms with van der Waals surface area (Å²) in [6, 6.07) is 2.99. The quantitative estimate of drug-likeness (QED) is 0.828. The highest BCUT2D eigenvalue weighted by Gasteiger charge is 2.17. The zero-order valence-electron chi connectivity index (χ0n) is 9.75. The van der Waals surface area contributed by atoms with Crippen LogP contribution < -0.4 is 5.32 Å². The molecule has 0 amide bonds. The van der Waals surface area contributed by atoms with E-state index < -0.39 is 0 Å². The minimum absolute atomic E-state index is 0.759. The molecule has 84 valence electrons. The summed E-state index contributed by atoms with van der Waals surface area (Å²) in [7, 11) is 0. The first-order valence-electron chi connectivity index (χ1n) is 6.02. The fourth-order valence-corrected chi connectivity index (χ4v) is 3.33. The molecule has 1 aromatic heterocycles. The predicted octanol–water partition coefficient (Wildman–Crippen LogP) is 3.38. The van der Waals surface area contributed by atoms with Gasteiger partial charge in [-0.3, -0.25) is 0 Å². The van der Waals surface area contributed by atoms with Crippen molar-refractivity contribution >= 4 is 11.3 Å². The topological polar surface area (TPSA) is 12.0 Å². The summed E-state index contributed by atoms with van der Waals surface area (Å²) in [5.74, 6) is 0.917. The van der Waals surface area contributed by atoms with E-state index in [1.807, 2.05) is 11.3 Å². The smallest absolute Gasteiger partial charge is 0.00749 e. The van der Waals surface area contributed by atoms with Gasteiger partial charge in [-0.2, -0.15) is 0 Å². The molecule has 2 rings (SSSR count). The number of nitrogens with one attached hydrogen (secondary N) is 1. The van der Waals surface area contributed by atoms with E-state index in [-0.39, 0.29) is 0 Å². The van der Waals surface area contributed by atoms with Crippen LogP contribution in [-0.4, -0.2) is 12.6 Å². The molecule has 0 aromatic carbocycles. The molecular weight excluding hydrogens is 202 g/mol. The van der Waals surface area contributed by atoms with E-state index in [0.29, 0.717) is 0 Å². The molecule has 1 N–H and O–H groups in total. The summed E-state index contributed by atoms with van der Waals surface area (Å²) in [5.41, 5.74) is 1.48. The molecule has 0 spiro atoms. The van der Waals surface area contributed by atoms with Gasteiger partial charge in [-0.1, -0.05) is 6.92 Å². The van der Waals surface area contributed by atoms with Crippen molar-refractivity contribution in [3.8, 4) is 0 Å². The van der Waals surface area contributed by atoms with Gasteiger partial charge >= 0.3 is 0 Å². The minimum atomic E-state index is 0.759. The van der Waals surface area contributed by atoms with Crippen LogP contribution in [0.2, 0.25) is 0 Å². The Bertz CT molecular complexity index is 305. The van der Waals surface area contributed by atoms with Crippen molar-refractivity contribution in [2.24, 2.45) is 5.92 Å². The Morgan fingerprint density at radius 3 is 3.07 bits per heavy atom. The molecule has 1 aliphatic heterocycles. The molecule has 0 bridgehead atoms. The third-order valence-corrected chi connectivity index (χ3v) is 4.53. The molecule has 1 aromatic rings. The van der Waals surface area contributed by atoms with Gasteiger partial charge in [0.25, 0.3) is 0 Å². The molecule has 0 radical (unpaired) electrons. The molecule has 2 atom stereocenters. The Labute approximate surface area is 96.9 Å². The third kappa shape index (κ3) is 3.05. The molecular formula is C13H21NS. The van der Waals surface area contributed by atoms with E-state index in [2.05, 4.69) is 30.6 Å². The Hall–Kier alpha value is -0.340. The Morgan fingerprint density at radius 2 is 2.40 bits per heavy atom. The normalized spacial score (nSPS) is 26.8. The van der Waals surface area contributed by atoms with E-state index in [1.54, 1.807) is 4.88 Å². The maximum atomic E-state index is 3.64. The van der Waals surface area contributed by atoms with Gasteiger partial charge in [0.2, 0.25) is 0 Å². The molecule has 2 heteroatoms. The van der Waals surface area contributed by atoms with Crippen LogP contribution in [0.1, 0.15) is 36.6 Å². The number of rotatable bonds is 3. The SMILES string of the molecule is Cc1ccsc1CCC1CC(C)CCN1. The fourth-order valence-electron chi connectivity index (χ4n) is 2.41. The van der Waals surface area contributed by atoms with Crippen molar-refractivity contribution in [2.75, 3.05) is 6.54 Å². The maximum Gasteiger partial charge on any atom is 0.00749 e. The van der Waals surface area contributed by atoms with E-state index >= 15 is 0 Å².